The molecule has 0 bridgehead atoms. The number of rotatable bonds is 16. The van der Waals surface area contributed by atoms with Crippen molar-refractivity contribution in [1.82, 2.24) is 15.2 Å². The zero-order valence-electron chi connectivity index (χ0n) is 29.7. The largest absolute Gasteiger partial charge is 0.493 e. The molecule has 3 aromatic rings. The van der Waals surface area contributed by atoms with E-state index in [1.54, 1.807) is 19.4 Å². The molecule has 1 atom stereocenters. The lowest BCUT2D eigenvalue weighted by Gasteiger charge is -2.30. The summed E-state index contributed by atoms with van der Waals surface area (Å²) in [5.74, 6) is 3.22. The van der Waals surface area contributed by atoms with Gasteiger partial charge in [0.25, 0.3) is 6.47 Å². The van der Waals surface area contributed by atoms with Gasteiger partial charge in [0.15, 0.2) is 5.75 Å². The normalized spacial score (nSPS) is 16.4. The van der Waals surface area contributed by atoms with Gasteiger partial charge in [-0.05, 0) is 118 Å². The van der Waals surface area contributed by atoms with Crippen LogP contribution in [0.5, 0.6) is 17.4 Å². The maximum atomic E-state index is 13.2. The van der Waals surface area contributed by atoms with E-state index in [1.165, 1.54) is 24.0 Å². The molecular formula is C39H51Cl2N3O7. The van der Waals surface area contributed by atoms with Gasteiger partial charge >= 0.3 is 0 Å². The van der Waals surface area contributed by atoms with Gasteiger partial charge < -0.3 is 34.3 Å². The summed E-state index contributed by atoms with van der Waals surface area (Å²) in [6.07, 6.45) is 10.6. The minimum absolute atomic E-state index is 0.139. The third-order valence-corrected chi connectivity index (χ3v) is 9.21. The number of hydrogen-bond donors (Lipinski definition) is 2. The Bertz CT molecular complexity index is 1480. The number of nitrogens with one attached hydrogen (secondary N) is 1. The van der Waals surface area contributed by atoms with Crippen LogP contribution in [0.1, 0.15) is 61.6 Å². The van der Waals surface area contributed by atoms with Crippen molar-refractivity contribution in [3.05, 3.63) is 81.5 Å². The number of aromatic nitrogens is 1. The smallest absolute Gasteiger partial charge is 0.290 e. The monoisotopic (exact) mass is 743 g/mol. The Hall–Kier alpha value is -3.57. The van der Waals surface area contributed by atoms with Crippen LogP contribution in [0.3, 0.4) is 0 Å². The molecule has 3 aliphatic rings. The number of ether oxygens (including phenoxy) is 4. The molecule has 6 rings (SSSR count). The van der Waals surface area contributed by atoms with Crippen molar-refractivity contribution in [3.8, 4) is 17.4 Å². The third-order valence-electron chi connectivity index (χ3n) is 8.65. The predicted octanol–water partition coefficient (Wildman–Crippen LogP) is 7.40. The molecule has 1 saturated heterocycles. The van der Waals surface area contributed by atoms with E-state index in [1.807, 2.05) is 31.2 Å². The van der Waals surface area contributed by atoms with E-state index in [0.717, 1.165) is 82.1 Å². The number of carbonyl (C=O) groups is 2. The lowest BCUT2D eigenvalue weighted by Crippen LogP contribution is -2.43. The lowest BCUT2D eigenvalue weighted by atomic mass is 9.97. The first-order chi connectivity index (χ1) is 24.8. The average Bonchev–Trinajstić information content (AvgIpc) is 4.06. The number of pyridine rings is 1. The van der Waals surface area contributed by atoms with Crippen LogP contribution in [0.15, 0.2) is 54.7 Å². The second-order valence-corrected chi connectivity index (χ2v) is 13.9. The molecule has 278 valence electrons. The van der Waals surface area contributed by atoms with Crippen molar-refractivity contribution in [3.63, 3.8) is 0 Å². The molecule has 0 radical (unpaired) electrons. The molecule has 2 aliphatic carbocycles. The quantitative estimate of drug-likeness (QED) is 0.114. The molecule has 2 aromatic carbocycles. The number of methoxy groups -OCH3 is 1. The summed E-state index contributed by atoms with van der Waals surface area (Å²) < 4.78 is 22.3. The molecule has 2 N–H and O–H groups in total. The van der Waals surface area contributed by atoms with E-state index in [2.05, 4.69) is 33.4 Å². The minimum atomic E-state index is -0.250. The van der Waals surface area contributed by atoms with Crippen molar-refractivity contribution in [2.24, 2.45) is 11.8 Å². The van der Waals surface area contributed by atoms with E-state index in [9.17, 15) is 4.79 Å². The Morgan fingerprint density at radius 2 is 1.71 bits per heavy atom. The standard InChI is InChI=1S/C24H36N2O3.C14H13Cl2NO2.CH2O2/c1-28-11-3-4-19-12-20(14-23(13-19)29-17-18-6-7-18)16-26(22-8-9-22)24(27)21-5-2-10-25-15-21;1-10-8-11(15)14(12(16)9-10)19-7-6-18-13-4-2-3-5-17-13;2-1-3/h12-14,18,21-22,25H,2-11,15-17H2,1H3;2-5,8-9H,6-7H2,1H3;1H,(H,2,3)/t21-;;/m1../s1. The molecule has 51 heavy (non-hydrogen) atoms. The number of hydrogen-bond acceptors (Lipinski definition) is 8. The molecule has 2 heterocycles. The van der Waals surface area contributed by atoms with Gasteiger partial charge in [-0.2, -0.15) is 0 Å². The molecule has 10 nitrogen and oxygen atoms in total. The molecule has 12 heteroatoms. The summed E-state index contributed by atoms with van der Waals surface area (Å²) in [6.45, 7) is 6.55. The zero-order valence-corrected chi connectivity index (χ0v) is 31.2. The van der Waals surface area contributed by atoms with Crippen LogP contribution >= 0.6 is 23.2 Å². The predicted molar refractivity (Wildman–Crippen MR) is 199 cm³/mol. The highest BCUT2D eigenvalue weighted by molar-refractivity contribution is 6.37. The van der Waals surface area contributed by atoms with E-state index in [-0.39, 0.29) is 12.4 Å². The first-order valence-electron chi connectivity index (χ1n) is 17.8. The SMILES string of the molecule is COCCCc1cc(CN(C(=O)[C@@H]2CCCNC2)C2CC2)cc(OCC2CC2)c1.Cc1cc(Cl)c(OCCOc2ccccn2)c(Cl)c1.O=CO. The fourth-order valence-corrected chi connectivity index (χ4v) is 6.49. The minimum Gasteiger partial charge on any atom is -0.493 e. The number of amides is 1. The first-order valence-corrected chi connectivity index (χ1v) is 18.5. The van der Waals surface area contributed by atoms with Crippen LogP contribution in [0.4, 0.5) is 0 Å². The van der Waals surface area contributed by atoms with Crippen molar-refractivity contribution in [2.75, 3.05) is 46.6 Å². The van der Waals surface area contributed by atoms with Crippen molar-refractivity contribution in [1.29, 1.82) is 0 Å². The summed E-state index contributed by atoms with van der Waals surface area (Å²) in [5, 5.41) is 11.3. The highest BCUT2D eigenvalue weighted by Gasteiger charge is 2.36. The maximum absolute atomic E-state index is 13.2. The number of carbonyl (C=O) groups excluding carboxylic acids is 1. The van der Waals surface area contributed by atoms with Gasteiger partial charge in [-0.3, -0.25) is 9.59 Å². The third kappa shape index (κ3) is 14.5. The van der Waals surface area contributed by atoms with E-state index >= 15 is 0 Å². The van der Waals surface area contributed by atoms with E-state index in [0.29, 0.717) is 53.4 Å². The van der Waals surface area contributed by atoms with Gasteiger partial charge in [-0.15, -0.1) is 0 Å². The highest BCUT2D eigenvalue weighted by Crippen LogP contribution is 2.35. The molecule has 0 spiro atoms. The Morgan fingerprint density at radius 1 is 0.980 bits per heavy atom. The van der Waals surface area contributed by atoms with Crippen LogP contribution in [-0.4, -0.2) is 80.0 Å². The van der Waals surface area contributed by atoms with E-state index < -0.39 is 0 Å². The van der Waals surface area contributed by atoms with Crippen molar-refractivity contribution >= 4 is 35.6 Å². The zero-order chi connectivity index (χ0) is 36.4. The van der Waals surface area contributed by atoms with Gasteiger partial charge in [0.05, 0.1) is 22.6 Å². The summed E-state index contributed by atoms with van der Waals surface area (Å²) in [7, 11) is 1.75. The molecule has 1 amide bonds. The van der Waals surface area contributed by atoms with Crippen LogP contribution in [-0.2, 0) is 27.3 Å². The molecule has 1 aromatic heterocycles. The number of benzene rings is 2. The molecule has 0 unspecified atom stereocenters. The maximum Gasteiger partial charge on any atom is 0.290 e. The second kappa shape index (κ2) is 21.7. The molecule has 2 saturated carbocycles. The Kier molecular flexibility index (Phi) is 17.1. The average molecular weight is 745 g/mol. The summed E-state index contributed by atoms with van der Waals surface area (Å²) in [5.41, 5.74) is 3.48. The fourth-order valence-electron chi connectivity index (χ4n) is 5.78. The summed E-state index contributed by atoms with van der Waals surface area (Å²) >= 11 is 12.1. The van der Waals surface area contributed by atoms with Crippen LogP contribution in [0, 0.1) is 18.8 Å². The lowest BCUT2D eigenvalue weighted by molar-refractivity contribution is -0.137. The number of carboxylic acid groups (broad SMARTS) is 1. The molecular weight excluding hydrogens is 693 g/mol. The van der Waals surface area contributed by atoms with Crippen LogP contribution in [0.25, 0.3) is 0 Å². The summed E-state index contributed by atoms with van der Waals surface area (Å²) in [6, 6.07) is 16.1. The molecule has 1 aliphatic heterocycles. The fraction of sp³-hybridized carbons (Fsp3) is 0.513. The Balaban J connectivity index is 0.000000229. The second-order valence-electron chi connectivity index (χ2n) is 13.1. The van der Waals surface area contributed by atoms with Gasteiger partial charge in [0.2, 0.25) is 11.8 Å². The van der Waals surface area contributed by atoms with Crippen LogP contribution in [0.2, 0.25) is 10.0 Å². The van der Waals surface area contributed by atoms with Gasteiger partial charge in [-0.1, -0.05) is 35.3 Å². The van der Waals surface area contributed by atoms with Gasteiger partial charge in [0.1, 0.15) is 19.0 Å². The number of piperidine rings is 1. The highest BCUT2D eigenvalue weighted by atomic mass is 35.5. The van der Waals surface area contributed by atoms with Crippen molar-refractivity contribution < 1.29 is 33.6 Å². The van der Waals surface area contributed by atoms with E-state index in [4.69, 9.17) is 52.1 Å². The number of aryl methyl sites for hydroxylation is 2. The number of nitrogens with zero attached hydrogens (tertiary/aromatic N) is 2. The Morgan fingerprint density at radius 3 is 2.33 bits per heavy atom. The van der Waals surface area contributed by atoms with Gasteiger partial charge in [0, 0.05) is 45.1 Å². The first kappa shape index (κ1) is 40.2. The Labute approximate surface area is 311 Å². The molecule has 3 fully saturated rings. The number of halogens is 2. The summed E-state index contributed by atoms with van der Waals surface area (Å²) in [4.78, 5) is 27.8. The van der Waals surface area contributed by atoms with Gasteiger partial charge in [-0.25, -0.2) is 4.98 Å². The van der Waals surface area contributed by atoms with Crippen LogP contribution < -0.4 is 19.5 Å². The van der Waals surface area contributed by atoms with Crippen molar-refractivity contribution in [2.45, 2.75) is 70.9 Å². The topological polar surface area (TPSA) is 119 Å².